The molecule has 3 nitrogen and oxygen atoms in total. The van der Waals surface area contributed by atoms with Crippen LogP contribution in [0.3, 0.4) is 0 Å². The molecule has 9 heavy (non-hydrogen) atoms. The number of aromatic amines is 1. The minimum absolute atomic E-state index is 0. The smallest absolute Gasteiger partial charge is 0.300 e. The number of rotatable bonds is 0. The van der Waals surface area contributed by atoms with Gasteiger partial charge in [0.1, 0.15) is 5.82 Å². The molecule has 0 fully saturated rings. The van der Waals surface area contributed by atoms with Gasteiger partial charge in [0.2, 0.25) is 0 Å². The summed E-state index contributed by atoms with van der Waals surface area (Å²) in [6, 6.07) is 0. The van der Waals surface area contributed by atoms with E-state index in [0.717, 1.165) is 11.5 Å². The summed E-state index contributed by atoms with van der Waals surface area (Å²) in [6.07, 6.45) is 0. The van der Waals surface area contributed by atoms with Gasteiger partial charge in [-0.1, -0.05) is 13.8 Å². The molecule has 1 aromatic rings. The fourth-order valence-corrected chi connectivity index (χ4v) is 0.762. The molecule has 0 radical (unpaired) electrons. The lowest BCUT2D eigenvalue weighted by molar-refractivity contribution is 1.14. The van der Waals surface area contributed by atoms with E-state index < -0.39 is 0 Å². The van der Waals surface area contributed by atoms with Gasteiger partial charge in [-0.25, -0.2) is 0 Å². The van der Waals surface area contributed by atoms with Gasteiger partial charge in [-0.3, -0.25) is 9.78 Å². The Bertz CT molecular complexity index is 207. The number of H-pyrrole nitrogens is 1. The highest BCUT2D eigenvalue weighted by Crippen LogP contribution is 1.79. The quantitative estimate of drug-likeness (QED) is 0.604. The molecule has 1 aromatic heterocycles. The Kier molecular flexibility index (Phi) is 3.96. The first-order chi connectivity index (χ1) is 4.29. The molecule has 0 saturated heterocycles. The average Bonchev–Trinajstić information content (AvgIpc) is 2.20. The second-order valence-electron chi connectivity index (χ2n) is 1.18. The minimum atomic E-state index is -0.0856. The third-order valence-corrected chi connectivity index (χ3v) is 1.18. The molecule has 0 spiro atoms. The van der Waals surface area contributed by atoms with E-state index in [9.17, 15) is 4.79 Å². The van der Waals surface area contributed by atoms with Crippen molar-refractivity contribution in [2.24, 2.45) is 0 Å². The van der Waals surface area contributed by atoms with Crippen molar-refractivity contribution in [1.82, 2.24) is 9.36 Å². The van der Waals surface area contributed by atoms with E-state index in [1.54, 1.807) is 6.92 Å². The van der Waals surface area contributed by atoms with Crippen molar-refractivity contribution < 1.29 is 1.43 Å². The number of aromatic nitrogens is 2. The molecule has 0 aromatic carbocycles. The van der Waals surface area contributed by atoms with Gasteiger partial charge in [0.05, 0.1) is 0 Å². The normalized spacial score (nSPS) is 7.89. The van der Waals surface area contributed by atoms with Gasteiger partial charge in [0, 0.05) is 13.0 Å². The molecular formula is C5H12N2OS. The fourth-order valence-electron chi connectivity index (χ4n) is 0.303. The predicted octanol–water partition coefficient (Wildman–Crippen LogP) is 1.41. The fraction of sp³-hybridized carbons (Fsp3) is 0.600. The minimum Gasteiger partial charge on any atom is -0.300 e. The second kappa shape index (κ2) is 4.26. The van der Waals surface area contributed by atoms with Crippen molar-refractivity contribution in [3.63, 3.8) is 0 Å². The molecule has 0 unspecified atom stereocenters. The van der Waals surface area contributed by atoms with Gasteiger partial charge in [-0.2, -0.15) is 4.37 Å². The summed E-state index contributed by atoms with van der Waals surface area (Å²) in [7, 11) is 0. The summed E-state index contributed by atoms with van der Waals surface area (Å²) in [4.78, 5) is 12.6. The summed E-state index contributed by atoms with van der Waals surface area (Å²) < 4.78 is 3.69. The van der Waals surface area contributed by atoms with Gasteiger partial charge in [0.25, 0.3) is 0 Å². The van der Waals surface area contributed by atoms with Gasteiger partial charge in [0.15, 0.2) is 0 Å². The van der Waals surface area contributed by atoms with Crippen molar-refractivity contribution in [3.05, 3.63) is 15.5 Å². The molecule has 54 valence electrons. The van der Waals surface area contributed by atoms with E-state index in [2.05, 4.69) is 9.36 Å². The Labute approximate surface area is 59.4 Å². The van der Waals surface area contributed by atoms with E-state index in [1.165, 1.54) is 0 Å². The third-order valence-electron chi connectivity index (χ3n) is 0.548. The van der Waals surface area contributed by atoms with Crippen LogP contribution < -0.4 is 4.87 Å². The van der Waals surface area contributed by atoms with Gasteiger partial charge in [-0.15, -0.1) is 0 Å². The number of hydrogen-bond acceptors (Lipinski definition) is 3. The Hall–Kier alpha value is -0.640. The van der Waals surface area contributed by atoms with Crippen LogP contribution in [-0.4, -0.2) is 9.36 Å². The first-order valence-electron chi connectivity index (χ1n) is 2.81. The summed E-state index contributed by atoms with van der Waals surface area (Å²) in [5.41, 5.74) is 0. The van der Waals surface area contributed by atoms with Crippen molar-refractivity contribution in [1.29, 1.82) is 0 Å². The first kappa shape index (κ1) is 8.36. The molecule has 0 atom stereocenters. The molecule has 1 rings (SSSR count). The average molecular weight is 148 g/mol. The summed E-state index contributed by atoms with van der Waals surface area (Å²) in [5.74, 6) is 0.690. The maximum atomic E-state index is 10.2. The first-order valence-corrected chi connectivity index (χ1v) is 3.59. The second-order valence-corrected chi connectivity index (χ2v) is 1.92. The van der Waals surface area contributed by atoms with Crippen molar-refractivity contribution in [2.45, 2.75) is 20.8 Å². The Morgan fingerprint density at radius 1 is 1.67 bits per heavy atom. The number of hydrogen-bond donors (Lipinski definition) is 1. The van der Waals surface area contributed by atoms with Crippen LogP contribution in [0.15, 0.2) is 4.79 Å². The standard InChI is InChI=1S/C3H4N2OS.C2H6.H2/c1-2-4-3(6)7-5-2;1-2;/h1H3,(H,4,5,6);1-2H3;1H. The summed E-state index contributed by atoms with van der Waals surface area (Å²) >= 11 is 0.943. The van der Waals surface area contributed by atoms with Gasteiger partial charge >= 0.3 is 4.87 Å². The molecule has 0 aliphatic rings. The Balaban J connectivity index is 0. The Morgan fingerprint density at radius 2 is 2.22 bits per heavy atom. The van der Waals surface area contributed by atoms with Crippen molar-refractivity contribution in [3.8, 4) is 0 Å². The van der Waals surface area contributed by atoms with Crippen LogP contribution in [0, 0.1) is 6.92 Å². The van der Waals surface area contributed by atoms with E-state index in [4.69, 9.17) is 0 Å². The molecular weight excluding hydrogens is 136 g/mol. The molecule has 0 saturated carbocycles. The molecule has 0 aliphatic heterocycles. The van der Waals surface area contributed by atoms with Crippen LogP contribution in [0.5, 0.6) is 0 Å². The van der Waals surface area contributed by atoms with Gasteiger partial charge < -0.3 is 0 Å². The number of aryl methyl sites for hydroxylation is 1. The van der Waals surface area contributed by atoms with E-state index in [-0.39, 0.29) is 6.30 Å². The lowest BCUT2D eigenvalue weighted by Gasteiger charge is -1.65. The highest BCUT2D eigenvalue weighted by Gasteiger charge is 1.85. The van der Waals surface area contributed by atoms with E-state index >= 15 is 0 Å². The zero-order valence-electron chi connectivity index (χ0n) is 5.76. The van der Waals surface area contributed by atoms with Crippen LogP contribution in [0.4, 0.5) is 0 Å². The Morgan fingerprint density at radius 3 is 2.33 bits per heavy atom. The van der Waals surface area contributed by atoms with Crippen LogP contribution in [0.25, 0.3) is 0 Å². The summed E-state index contributed by atoms with van der Waals surface area (Å²) in [6.45, 7) is 5.75. The van der Waals surface area contributed by atoms with Crippen LogP contribution in [-0.2, 0) is 0 Å². The number of nitrogens with one attached hydrogen (secondary N) is 1. The topological polar surface area (TPSA) is 45.8 Å². The maximum absolute atomic E-state index is 10.2. The molecule has 4 heteroatoms. The maximum Gasteiger partial charge on any atom is 0.323 e. The number of nitrogens with zero attached hydrogens (tertiary/aromatic N) is 1. The zero-order chi connectivity index (χ0) is 7.28. The van der Waals surface area contributed by atoms with Gasteiger partial charge in [-0.05, 0) is 6.92 Å². The van der Waals surface area contributed by atoms with Crippen molar-refractivity contribution >= 4 is 11.5 Å². The highest BCUT2D eigenvalue weighted by molar-refractivity contribution is 7.02. The molecule has 0 amide bonds. The van der Waals surface area contributed by atoms with Crippen LogP contribution >= 0.6 is 11.5 Å². The highest BCUT2D eigenvalue weighted by atomic mass is 32.1. The lowest BCUT2D eigenvalue weighted by atomic mass is 10.8. The molecule has 1 N–H and O–H groups in total. The van der Waals surface area contributed by atoms with E-state index in [0.29, 0.717) is 5.82 Å². The predicted molar refractivity (Wildman–Crippen MR) is 40.9 cm³/mol. The monoisotopic (exact) mass is 148 g/mol. The zero-order valence-corrected chi connectivity index (χ0v) is 6.58. The molecule has 0 aliphatic carbocycles. The summed E-state index contributed by atoms with van der Waals surface area (Å²) in [5, 5.41) is 0. The van der Waals surface area contributed by atoms with Crippen molar-refractivity contribution in [2.75, 3.05) is 0 Å². The van der Waals surface area contributed by atoms with Crippen LogP contribution in [0.1, 0.15) is 21.1 Å². The molecule has 1 heterocycles. The largest absolute Gasteiger partial charge is 0.323 e. The lowest BCUT2D eigenvalue weighted by Crippen LogP contribution is -1.90. The molecule has 0 bridgehead atoms. The van der Waals surface area contributed by atoms with Crippen LogP contribution in [0.2, 0.25) is 0 Å². The van der Waals surface area contributed by atoms with E-state index in [1.807, 2.05) is 13.8 Å². The third kappa shape index (κ3) is 3.03. The SMILES string of the molecule is CC.Cc1nsc(=O)[nH]1.[HH].